The molecular formula is C19H18ClN3OS. The highest BCUT2D eigenvalue weighted by Crippen LogP contribution is 2.28. The molecule has 2 aromatic rings. The fourth-order valence-corrected chi connectivity index (χ4v) is 3.13. The molecule has 1 aliphatic heterocycles. The minimum Gasteiger partial charge on any atom is -0.351 e. The number of carbonyl (C=O) groups excluding carboxylic acids is 1. The first-order valence-electron chi connectivity index (χ1n) is 7.86. The second-order valence-corrected chi connectivity index (χ2v) is 6.79. The Labute approximate surface area is 157 Å². The Bertz CT molecular complexity index is 844. The van der Waals surface area contributed by atoms with Crippen molar-refractivity contribution in [3.05, 3.63) is 76.0 Å². The van der Waals surface area contributed by atoms with E-state index in [1.54, 1.807) is 24.3 Å². The standard InChI is InChI=1S/C19H18ClN3OS/c1-11-3-5-13(6-4-11)17-16(12(2)21-19(25)23-17)18(24)22-15-9-7-14(20)8-10-15/h3-10,17H,1-2H3,(H,22,24)(H2,21,23,25). The van der Waals surface area contributed by atoms with Gasteiger partial charge in [-0.15, -0.1) is 0 Å². The maximum absolute atomic E-state index is 12.9. The molecule has 0 aromatic heterocycles. The molecule has 6 heteroatoms. The molecule has 0 fully saturated rings. The lowest BCUT2D eigenvalue weighted by atomic mass is 9.94. The molecule has 0 bridgehead atoms. The summed E-state index contributed by atoms with van der Waals surface area (Å²) in [6.07, 6.45) is 0. The van der Waals surface area contributed by atoms with Crippen molar-refractivity contribution in [2.24, 2.45) is 0 Å². The summed E-state index contributed by atoms with van der Waals surface area (Å²) in [5, 5.41) is 10.3. The largest absolute Gasteiger partial charge is 0.351 e. The van der Waals surface area contributed by atoms with E-state index in [1.165, 1.54) is 0 Å². The Hall–Kier alpha value is -2.37. The highest BCUT2D eigenvalue weighted by molar-refractivity contribution is 7.80. The average molecular weight is 372 g/mol. The van der Waals surface area contributed by atoms with Gasteiger partial charge in [0.25, 0.3) is 5.91 Å². The van der Waals surface area contributed by atoms with Crippen LogP contribution in [0.15, 0.2) is 59.8 Å². The number of aryl methyl sites for hydroxylation is 1. The molecule has 0 aliphatic carbocycles. The van der Waals surface area contributed by atoms with Crippen LogP contribution in [0.4, 0.5) is 5.69 Å². The summed E-state index contributed by atoms with van der Waals surface area (Å²) < 4.78 is 0. The number of halogens is 1. The van der Waals surface area contributed by atoms with Gasteiger partial charge in [0.05, 0.1) is 11.6 Å². The molecule has 128 valence electrons. The third-order valence-corrected chi connectivity index (χ3v) is 4.50. The van der Waals surface area contributed by atoms with Crippen LogP contribution >= 0.6 is 23.8 Å². The van der Waals surface area contributed by atoms with Gasteiger partial charge < -0.3 is 16.0 Å². The average Bonchev–Trinajstić information content (AvgIpc) is 2.57. The van der Waals surface area contributed by atoms with E-state index in [-0.39, 0.29) is 11.9 Å². The fourth-order valence-electron chi connectivity index (χ4n) is 2.74. The van der Waals surface area contributed by atoms with Crippen LogP contribution in [0.25, 0.3) is 0 Å². The highest BCUT2D eigenvalue weighted by atomic mass is 35.5. The van der Waals surface area contributed by atoms with Crippen molar-refractivity contribution in [3.63, 3.8) is 0 Å². The summed E-state index contributed by atoms with van der Waals surface area (Å²) >= 11 is 11.2. The lowest BCUT2D eigenvalue weighted by Gasteiger charge is -2.30. The summed E-state index contributed by atoms with van der Waals surface area (Å²) in [5.41, 5.74) is 4.17. The van der Waals surface area contributed by atoms with Crippen LogP contribution in [0, 0.1) is 6.92 Å². The van der Waals surface area contributed by atoms with Crippen molar-refractivity contribution in [3.8, 4) is 0 Å². The van der Waals surface area contributed by atoms with Crippen molar-refractivity contribution >= 4 is 40.5 Å². The molecule has 2 aromatic carbocycles. The van der Waals surface area contributed by atoms with Gasteiger partial charge in [-0.3, -0.25) is 4.79 Å². The SMILES string of the molecule is CC1=C(C(=O)Nc2ccc(Cl)cc2)C(c2ccc(C)cc2)NC(=S)N1. The van der Waals surface area contributed by atoms with Crippen LogP contribution in [-0.2, 0) is 4.79 Å². The normalized spacial score (nSPS) is 16.9. The van der Waals surface area contributed by atoms with Crippen LogP contribution in [0.3, 0.4) is 0 Å². The molecule has 0 radical (unpaired) electrons. The summed E-state index contributed by atoms with van der Waals surface area (Å²) in [4.78, 5) is 12.9. The summed E-state index contributed by atoms with van der Waals surface area (Å²) in [6, 6.07) is 14.8. The monoisotopic (exact) mass is 371 g/mol. The fraction of sp³-hybridized carbons (Fsp3) is 0.158. The zero-order valence-corrected chi connectivity index (χ0v) is 15.5. The molecule has 1 atom stereocenters. The van der Waals surface area contributed by atoms with E-state index in [2.05, 4.69) is 16.0 Å². The maximum Gasteiger partial charge on any atom is 0.255 e. The lowest BCUT2D eigenvalue weighted by Crippen LogP contribution is -2.45. The molecule has 3 N–H and O–H groups in total. The third-order valence-electron chi connectivity index (χ3n) is 4.03. The Kier molecular flexibility index (Phi) is 5.06. The Morgan fingerprint density at radius 3 is 2.36 bits per heavy atom. The number of hydrogen-bond donors (Lipinski definition) is 3. The Morgan fingerprint density at radius 1 is 1.08 bits per heavy atom. The van der Waals surface area contributed by atoms with Gasteiger partial charge in [0, 0.05) is 16.4 Å². The number of benzene rings is 2. The zero-order chi connectivity index (χ0) is 18.0. The molecule has 4 nitrogen and oxygen atoms in total. The smallest absolute Gasteiger partial charge is 0.255 e. The van der Waals surface area contributed by atoms with Crippen LogP contribution in [0.1, 0.15) is 24.1 Å². The number of hydrogen-bond acceptors (Lipinski definition) is 2. The van der Waals surface area contributed by atoms with E-state index in [9.17, 15) is 4.79 Å². The molecule has 1 heterocycles. The Morgan fingerprint density at radius 2 is 1.72 bits per heavy atom. The van der Waals surface area contributed by atoms with Crippen LogP contribution < -0.4 is 16.0 Å². The minimum absolute atomic E-state index is 0.187. The quantitative estimate of drug-likeness (QED) is 0.711. The number of nitrogens with one attached hydrogen (secondary N) is 3. The van der Waals surface area contributed by atoms with Gasteiger partial charge >= 0.3 is 0 Å². The number of thiocarbonyl (C=S) groups is 1. The predicted octanol–water partition coefficient (Wildman–Crippen LogP) is 4.08. The molecule has 0 saturated heterocycles. The summed E-state index contributed by atoms with van der Waals surface area (Å²) in [5.74, 6) is -0.187. The number of amides is 1. The van der Waals surface area contributed by atoms with Gasteiger partial charge in [0.1, 0.15) is 0 Å². The zero-order valence-electron chi connectivity index (χ0n) is 13.9. The molecule has 1 aliphatic rings. The minimum atomic E-state index is -0.304. The van der Waals surface area contributed by atoms with E-state index in [1.807, 2.05) is 38.1 Å². The van der Waals surface area contributed by atoms with Gasteiger partial charge in [-0.05, 0) is 55.9 Å². The molecule has 0 spiro atoms. The van der Waals surface area contributed by atoms with Crippen LogP contribution in [-0.4, -0.2) is 11.0 Å². The molecular weight excluding hydrogens is 354 g/mol. The van der Waals surface area contributed by atoms with Gasteiger partial charge in [0.15, 0.2) is 5.11 Å². The molecule has 1 unspecified atom stereocenters. The Balaban J connectivity index is 1.92. The van der Waals surface area contributed by atoms with Crippen molar-refractivity contribution in [1.29, 1.82) is 0 Å². The van der Waals surface area contributed by atoms with Crippen molar-refractivity contribution < 1.29 is 4.79 Å². The van der Waals surface area contributed by atoms with Gasteiger partial charge in [-0.25, -0.2) is 0 Å². The van der Waals surface area contributed by atoms with E-state index in [4.69, 9.17) is 23.8 Å². The van der Waals surface area contributed by atoms with Gasteiger partial charge in [-0.1, -0.05) is 41.4 Å². The lowest BCUT2D eigenvalue weighted by molar-refractivity contribution is -0.113. The summed E-state index contributed by atoms with van der Waals surface area (Å²) in [7, 11) is 0. The van der Waals surface area contributed by atoms with Crippen molar-refractivity contribution in [2.45, 2.75) is 19.9 Å². The molecule has 0 saturated carbocycles. The number of rotatable bonds is 3. The van der Waals surface area contributed by atoms with E-state index in [0.29, 0.717) is 21.4 Å². The van der Waals surface area contributed by atoms with E-state index in [0.717, 1.165) is 16.8 Å². The summed E-state index contributed by atoms with van der Waals surface area (Å²) in [6.45, 7) is 3.88. The van der Waals surface area contributed by atoms with E-state index < -0.39 is 0 Å². The first kappa shape index (κ1) is 17.5. The second kappa shape index (κ2) is 7.25. The van der Waals surface area contributed by atoms with Gasteiger partial charge in [0.2, 0.25) is 0 Å². The van der Waals surface area contributed by atoms with Crippen molar-refractivity contribution in [1.82, 2.24) is 10.6 Å². The molecule has 3 rings (SSSR count). The van der Waals surface area contributed by atoms with E-state index >= 15 is 0 Å². The highest BCUT2D eigenvalue weighted by Gasteiger charge is 2.29. The maximum atomic E-state index is 12.9. The molecule has 25 heavy (non-hydrogen) atoms. The van der Waals surface area contributed by atoms with Crippen LogP contribution in [0.2, 0.25) is 5.02 Å². The number of anilines is 1. The van der Waals surface area contributed by atoms with Crippen molar-refractivity contribution in [2.75, 3.05) is 5.32 Å². The first-order valence-corrected chi connectivity index (χ1v) is 8.64. The second-order valence-electron chi connectivity index (χ2n) is 5.94. The number of carbonyl (C=O) groups is 1. The third kappa shape index (κ3) is 4.00. The number of allylic oxidation sites excluding steroid dienone is 1. The topological polar surface area (TPSA) is 53.2 Å². The van der Waals surface area contributed by atoms with Gasteiger partial charge in [-0.2, -0.15) is 0 Å². The van der Waals surface area contributed by atoms with Crippen LogP contribution in [0.5, 0.6) is 0 Å². The predicted molar refractivity (Wildman–Crippen MR) is 106 cm³/mol. The molecule has 1 amide bonds. The first-order chi connectivity index (χ1) is 11.9.